The Labute approximate surface area is 123 Å². The van der Waals surface area contributed by atoms with Crippen LogP contribution in [0.15, 0.2) is 18.2 Å². The van der Waals surface area contributed by atoms with Gasteiger partial charge in [0.2, 0.25) is 0 Å². The Hall–Kier alpha value is -1.66. The lowest BCUT2D eigenvalue weighted by molar-refractivity contribution is -0.385. The van der Waals surface area contributed by atoms with Gasteiger partial charge in [0.15, 0.2) is 5.75 Å². The molecule has 2 unspecified atom stereocenters. The van der Waals surface area contributed by atoms with E-state index in [1.54, 1.807) is 12.1 Å². The quantitative estimate of drug-likeness (QED) is 0.674. The highest BCUT2D eigenvalue weighted by Gasteiger charge is 2.41. The number of methoxy groups -OCH3 is 1. The van der Waals surface area contributed by atoms with Crippen LogP contribution in [0.1, 0.15) is 18.4 Å². The van der Waals surface area contributed by atoms with Gasteiger partial charge in [0.1, 0.15) is 0 Å². The topological polar surface area (TPSA) is 75.8 Å². The fraction of sp³-hybridized carbons (Fsp3) is 0.600. The molecule has 6 nitrogen and oxygen atoms in total. The van der Waals surface area contributed by atoms with Crippen LogP contribution in [0.25, 0.3) is 0 Å². The summed E-state index contributed by atoms with van der Waals surface area (Å²) in [5, 5.41) is 21.5. The SMILES string of the molecule is COc1ccc(CC2C(O)C3CCN2CC3)cc1[N+](=O)[O-]. The minimum absolute atomic E-state index is 0.0135. The first-order valence-electron chi connectivity index (χ1n) is 7.33. The molecule has 4 rings (SSSR count). The highest BCUT2D eigenvalue weighted by molar-refractivity contribution is 5.48. The van der Waals surface area contributed by atoms with Crippen LogP contribution in [0.3, 0.4) is 0 Å². The largest absolute Gasteiger partial charge is 0.490 e. The van der Waals surface area contributed by atoms with Gasteiger partial charge in [-0.2, -0.15) is 0 Å². The van der Waals surface area contributed by atoms with Gasteiger partial charge in [-0.1, -0.05) is 6.07 Å². The van der Waals surface area contributed by atoms with Crippen LogP contribution in [-0.4, -0.2) is 47.3 Å². The molecule has 0 spiro atoms. The molecular formula is C15H20N2O4. The Morgan fingerprint density at radius 3 is 2.71 bits per heavy atom. The average Bonchev–Trinajstić information content (AvgIpc) is 2.51. The zero-order valence-corrected chi connectivity index (χ0v) is 12.1. The molecule has 0 aromatic heterocycles. The lowest BCUT2D eigenvalue weighted by atomic mass is 9.78. The normalized spacial score (nSPS) is 31.1. The molecule has 1 N–H and O–H groups in total. The Kier molecular flexibility index (Phi) is 3.82. The fourth-order valence-corrected chi connectivity index (χ4v) is 3.62. The summed E-state index contributed by atoms with van der Waals surface area (Å²) < 4.78 is 5.02. The van der Waals surface area contributed by atoms with Gasteiger partial charge in [0.05, 0.1) is 18.1 Å². The summed E-state index contributed by atoms with van der Waals surface area (Å²) in [5.74, 6) is 0.656. The van der Waals surface area contributed by atoms with Gasteiger partial charge in [-0.3, -0.25) is 15.0 Å². The predicted octanol–water partition coefficient (Wildman–Crippen LogP) is 1.60. The third-order valence-electron chi connectivity index (χ3n) is 4.81. The monoisotopic (exact) mass is 292 g/mol. The Bertz CT molecular complexity index is 538. The molecule has 3 aliphatic heterocycles. The number of hydrogen-bond acceptors (Lipinski definition) is 5. The minimum atomic E-state index is -0.425. The maximum atomic E-state index is 11.1. The Morgan fingerprint density at radius 2 is 2.14 bits per heavy atom. The minimum Gasteiger partial charge on any atom is -0.490 e. The van der Waals surface area contributed by atoms with E-state index < -0.39 is 4.92 Å². The molecule has 2 atom stereocenters. The molecule has 3 saturated heterocycles. The molecule has 0 aliphatic carbocycles. The zero-order valence-electron chi connectivity index (χ0n) is 12.1. The van der Waals surface area contributed by atoms with Crippen molar-refractivity contribution in [1.29, 1.82) is 0 Å². The van der Waals surface area contributed by atoms with Crippen LogP contribution in [0.5, 0.6) is 5.75 Å². The number of ether oxygens (including phenoxy) is 1. The molecule has 0 amide bonds. The van der Waals surface area contributed by atoms with Crippen LogP contribution >= 0.6 is 0 Å². The second-order valence-corrected chi connectivity index (χ2v) is 5.90. The van der Waals surface area contributed by atoms with Gasteiger partial charge < -0.3 is 9.84 Å². The van der Waals surface area contributed by atoms with Crippen LogP contribution in [0.2, 0.25) is 0 Å². The smallest absolute Gasteiger partial charge is 0.311 e. The van der Waals surface area contributed by atoms with Gasteiger partial charge in [-0.05, 0) is 49.9 Å². The van der Waals surface area contributed by atoms with E-state index in [4.69, 9.17) is 4.74 Å². The van der Waals surface area contributed by atoms with Crippen molar-refractivity contribution in [2.45, 2.75) is 31.4 Å². The molecule has 0 saturated carbocycles. The third kappa shape index (κ3) is 2.61. The number of fused-ring (bicyclic) bond motifs is 3. The number of benzene rings is 1. The van der Waals surface area contributed by atoms with E-state index in [1.165, 1.54) is 7.11 Å². The standard InChI is InChI=1S/C15H20N2O4/c1-21-14-3-2-10(8-12(14)17(19)20)9-13-15(18)11-4-6-16(13)7-5-11/h2-3,8,11,13,15,18H,4-7,9H2,1H3. The van der Waals surface area contributed by atoms with Crippen LogP contribution in [0.4, 0.5) is 5.69 Å². The molecule has 0 radical (unpaired) electrons. The summed E-state index contributed by atoms with van der Waals surface area (Å²) in [4.78, 5) is 13.0. The van der Waals surface area contributed by atoms with E-state index in [9.17, 15) is 15.2 Å². The summed E-state index contributed by atoms with van der Waals surface area (Å²) in [6.45, 7) is 2.04. The van der Waals surface area contributed by atoms with Crippen molar-refractivity contribution < 1.29 is 14.8 Å². The Morgan fingerprint density at radius 1 is 1.43 bits per heavy atom. The molecule has 6 heteroatoms. The highest BCUT2D eigenvalue weighted by atomic mass is 16.6. The average molecular weight is 292 g/mol. The number of aliphatic hydroxyl groups excluding tert-OH is 1. The van der Waals surface area contributed by atoms with Gasteiger partial charge in [0, 0.05) is 12.1 Å². The molecule has 1 aromatic carbocycles. The van der Waals surface area contributed by atoms with Gasteiger partial charge in [-0.25, -0.2) is 0 Å². The van der Waals surface area contributed by atoms with Crippen molar-refractivity contribution in [2.24, 2.45) is 5.92 Å². The predicted molar refractivity (Wildman–Crippen MR) is 77.4 cm³/mol. The Balaban J connectivity index is 1.81. The highest BCUT2D eigenvalue weighted by Crippen LogP contribution is 2.35. The number of rotatable bonds is 4. The fourth-order valence-electron chi connectivity index (χ4n) is 3.62. The molecule has 21 heavy (non-hydrogen) atoms. The zero-order chi connectivity index (χ0) is 15.0. The van der Waals surface area contributed by atoms with Crippen molar-refractivity contribution in [2.75, 3.05) is 20.2 Å². The first-order chi connectivity index (χ1) is 10.1. The number of nitro groups is 1. The summed E-state index contributed by atoms with van der Waals surface area (Å²) in [6, 6.07) is 5.12. The molecule has 2 bridgehead atoms. The van der Waals surface area contributed by atoms with Crippen molar-refractivity contribution in [3.05, 3.63) is 33.9 Å². The van der Waals surface area contributed by atoms with Crippen LogP contribution < -0.4 is 4.74 Å². The molecular weight excluding hydrogens is 272 g/mol. The second-order valence-electron chi connectivity index (χ2n) is 5.90. The molecule has 1 aromatic rings. The number of nitrogens with zero attached hydrogens (tertiary/aromatic N) is 2. The summed E-state index contributed by atoms with van der Waals surface area (Å²) in [5.41, 5.74) is 0.861. The maximum Gasteiger partial charge on any atom is 0.311 e. The summed E-state index contributed by atoms with van der Waals surface area (Å²) in [6.07, 6.45) is 2.43. The molecule has 3 aliphatic rings. The van der Waals surface area contributed by atoms with E-state index in [2.05, 4.69) is 4.90 Å². The van der Waals surface area contributed by atoms with Crippen molar-refractivity contribution in [3.8, 4) is 5.75 Å². The summed E-state index contributed by atoms with van der Waals surface area (Å²) in [7, 11) is 1.43. The first kappa shape index (κ1) is 14.3. The molecule has 3 fully saturated rings. The lowest BCUT2D eigenvalue weighted by Gasteiger charge is -2.49. The summed E-state index contributed by atoms with van der Waals surface area (Å²) >= 11 is 0. The van der Waals surface area contributed by atoms with Crippen molar-refractivity contribution >= 4 is 5.69 Å². The number of nitro benzene ring substituents is 1. The van der Waals surface area contributed by atoms with Gasteiger partial charge >= 0.3 is 5.69 Å². The second kappa shape index (κ2) is 5.61. The lowest BCUT2D eigenvalue weighted by Crippen LogP contribution is -2.58. The van der Waals surface area contributed by atoms with Gasteiger partial charge in [0.25, 0.3) is 0 Å². The number of aliphatic hydroxyl groups is 1. The number of hydrogen-bond donors (Lipinski definition) is 1. The van der Waals surface area contributed by atoms with Crippen LogP contribution in [0, 0.1) is 16.0 Å². The molecule has 114 valence electrons. The molecule has 3 heterocycles. The number of piperidine rings is 3. The van der Waals surface area contributed by atoms with E-state index in [0.717, 1.165) is 31.5 Å². The van der Waals surface area contributed by atoms with Crippen LogP contribution in [-0.2, 0) is 6.42 Å². The maximum absolute atomic E-state index is 11.1. The van der Waals surface area contributed by atoms with E-state index in [0.29, 0.717) is 12.3 Å². The van der Waals surface area contributed by atoms with Crippen molar-refractivity contribution in [1.82, 2.24) is 4.90 Å². The van der Waals surface area contributed by atoms with E-state index >= 15 is 0 Å². The first-order valence-corrected chi connectivity index (χ1v) is 7.33. The third-order valence-corrected chi connectivity index (χ3v) is 4.81. The van der Waals surface area contributed by atoms with Crippen molar-refractivity contribution in [3.63, 3.8) is 0 Å². The van der Waals surface area contributed by atoms with E-state index in [-0.39, 0.29) is 23.6 Å². The van der Waals surface area contributed by atoms with E-state index in [1.807, 2.05) is 6.07 Å². The van der Waals surface area contributed by atoms with Gasteiger partial charge in [-0.15, -0.1) is 0 Å².